The molecule has 2 atom stereocenters. The summed E-state index contributed by atoms with van der Waals surface area (Å²) in [5.41, 5.74) is 4.55. The van der Waals surface area contributed by atoms with E-state index in [1.165, 1.54) is 11.1 Å². The SMILES string of the molecule is COc1ccc(C(=O)Cc2ccc(OC(=O)c3ccc(C(CC(C)(C)C)C(C)(C)C(C)(C)C(c4ccccc4)C(C)(C)C)cc3)cc2)cc1. The zero-order valence-electron chi connectivity index (χ0n) is 31.5. The molecular weight excluding hydrogens is 604 g/mol. The number of hydrogen-bond acceptors (Lipinski definition) is 4. The van der Waals surface area contributed by atoms with Crippen LogP contribution < -0.4 is 9.47 Å². The molecule has 4 heteroatoms. The molecule has 0 amide bonds. The lowest BCUT2D eigenvalue weighted by Gasteiger charge is -2.56. The van der Waals surface area contributed by atoms with Gasteiger partial charge in [-0.25, -0.2) is 4.79 Å². The number of carbonyl (C=O) groups is 2. The Balaban J connectivity index is 1.53. The van der Waals surface area contributed by atoms with Crippen molar-refractivity contribution in [1.82, 2.24) is 0 Å². The van der Waals surface area contributed by atoms with Crippen molar-refractivity contribution in [2.24, 2.45) is 21.7 Å². The summed E-state index contributed by atoms with van der Waals surface area (Å²) >= 11 is 0. The highest BCUT2D eigenvalue weighted by atomic mass is 16.5. The normalized spacial score (nSPS) is 13.8. The van der Waals surface area contributed by atoms with Crippen LogP contribution in [0, 0.1) is 21.7 Å². The predicted molar refractivity (Wildman–Crippen MR) is 202 cm³/mol. The molecule has 4 rings (SSSR count). The van der Waals surface area contributed by atoms with E-state index < -0.39 is 5.97 Å². The van der Waals surface area contributed by atoms with Crippen molar-refractivity contribution in [1.29, 1.82) is 0 Å². The second-order valence-electron chi connectivity index (χ2n) is 17.0. The van der Waals surface area contributed by atoms with Crippen LogP contribution in [0.1, 0.15) is 125 Å². The van der Waals surface area contributed by atoms with Gasteiger partial charge in [-0.1, -0.05) is 124 Å². The fraction of sp³-hybridized carbons (Fsp3) is 0.422. The minimum Gasteiger partial charge on any atom is -0.497 e. The lowest BCUT2D eigenvalue weighted by molar-refractivity contribution is -0.00424. The van der Waals surface area contributed by atoms with E-state index in [-0.39, 0.29) is 39.8 Å². The van der Waals surface area contributed by atoms with E-state index in [9.17, 15) is 9.59 Å². The second kappa shape index (κ2) is 14.7. The molecule has 0 heterocycles. The van der Waals surface area contributed by atoms with Gasteiger partial charge in [0.25, 0.3) is 0 Å². The highest BCUT2D eigenvalue weighted by molar-refractivity contribution is 5.97. The van der Waals surface area contributed by atoms with Crippen molar-refractivity contribution in [3.63, 3.8) is 0 Å². The van der Waals surface area contributed by atoms with Crippen LogP contribution in [-0.2, 0) is 6.42 Å². The molecule has 0 radical (unpaired) electrons. The predicted octanol–water partition coefficient (Wildman–Crippen LogP) is 11.7. The monoisotopic (exact) mass is 660 g/mol. The van der Waals surface area contributed by atoms with Gasteiger partial charge in [0.15, 0.2) is 5.78 Å². The van der Waals surface area contributed by atoms with E-state index in [2.05, 4.69) is 112 Å². The first-order valence-electron chi connectivity index (χ1n) is 17.5. The largest absolute Gasteiger partial charge is 0.497 e. The lowest BCUT2D eigenvalue weighted by Crippen LogP contribution is -2.46. The van der Waals surface area contributed by atoms with Gasteiger partial charge in [0.1, 0.15) is 11.5 Å². The molecular formula is C45H56O4. The van der Waals surface area contributed by atoms with Crippen molar-refractivity contribution < 1.29 is 19.1 Å². The Hall–Kier alpha value is -4.18. The van der Waals surface area contributed by atoms with Gasteiger partial charge in [0, 0.05) is 12.0 Å². The summed E-state index contributed by atoms with van der Waals surface area (Å²) in [6, 6.07) is 33.2. The van der Waals surface area contributed by atoms with Gasteiger partial charge in [-0.2, -0.15) is 0 Å². The first-order chi connectivity index (χ1) is 22.8. The van der Waals surface area contributed by atoms with E-state index in [0.717, 1.165) is 12.0 Å². The molecule has 0 fully saturated rings. The maximum absolute atomic E-state index is 13.3. The van der Waals surface area contributed by atoms with Gasteiger partial charge in [-0.05, 0) is 105 Å². The number of benzene rings is 4. The third-order valence-corrected chi connectivity index (χ3v) is 10.5. The Morgan fingerprint density at radius 1 is 0.592 bits per heavy atom. The lowest BCUT2D eigenvalue weighted by atomic mass is 9.48. The molecule has 49 heavy (non-hydrogen) atoms. The molecule has 2 unspecified atom stereocenters. The average Bonchev–Trinajstić information content (AvgIpc) is 3.04. The number of Topliss-reactive ketones (excluding diaryl/α,β-unsaturated/α-hetero) is 1. The zero-order chi connectivity index (χ0) is 36.2. The van der Waals surface area contributed by atoms with Crippen LogP contribution in [0.15, 0.2) is 103 Å². The molecule has 0 saturated heterocycles. The number of methoxy groups -OCH3 is 1. The quantitative estimate of drug-likeness (QED) is 0.0862. The first kappa shape index (κ1) is 37.6. The number of esters is 1. The Kier molecular flexibility index (Phi) is 11.3. The molecule has 4 nitrogen and oxygen atoms in total. The van der Waals surface area contributed by atoms with Crippen LogP contribution in [0.3, 0.4) is 0 Å². The summed E-state index contributed by atoms with van der Waals surface area (Å²) in [4.78, 5) is 26.0. The summed E-state index contributed by atoms with van der Waals surface area (Å²) in [5, 5.41) is 0. The van der Waals surface area contributed by atoms with Crippen molar-refractivity contribution in [2.45, 2.75) is 93.9 Å². The van der Waals surface area contributed by atoms with Crippen LogP contribution in [0.2, 0.25) is 0 Å². The van der Waals surface area contributed by atoms with E-state index >= 15 is 0 Å². The number of rotatable bonds is 12. The van der Waals surface area contributed by atoms with Gasteiger partial charge < -0.3 is 9.47 Å². The number of ketones is 1. The maximum atomic E-state index is 13.3. The minimum atomic E-state index is -0.405. The summed E-state index contributed by atoms with van der Waals surface area (Å²) in [5.74, 6) is 1.32. The molecule has 0 spiro atoms. The van der Waals surface area contributed by atoms with Crippen molar-refractivity contribution in [2.75, 3.05) is 7.11 Å². The highest BCUT2D eigenvalue weighted by Crippen LogP contribution is 2.61. The second-order valence-corrected chi connectivity index (χ2v) is 17.0. The molecule has 0 N–H and O–H groups in total. The van der Waals surface area contributed by atoms with Crippen LogP contribution >= 0.6 is 0 Å². The third kappa shape index (κ3) is 9.09. The molecule has 0 saturated carbocycles. The van der Waals surface area contributed by atoms with E-state index in [0.29, 0.717) is 28.5 Å². The molecule has 4 aromatic carbocycles. The molecule has 0 aliphatic rings. The third-order valence-electron chi connectivity index (χ3n) is 10.5. The Labute approximate surface area is 295 Å². The standard InChI is InChI=1S/C45H56O4/c1-42(2,3)30-38(44(7,8)45(9,10)40(43(4,5)6)34-15-13-12-14-16-34)32-19-21-35(22-20-32)41(47)49-37-25-17-31(18-26-37)29-39(46)33-23-27-36(48-11)28-24-33/h12-28,38,40H,29-30H2,1-11H3. The van der Waals surface area contributed by atoms with E-state index in [1.54, 1.807) is 43.5 Å². The Morgan fingerprint density at radius 3 is 1.63 bits per heavy atom. The van der Waals surface area contributed by atoms with Crippen molar-refractivity contribution >= 4 is 11.8 Å². The number of hydrogen-bond donors (Lipinski definition) is 0. The summed E-state index contributed by atoms with van der Waals surface area (Å²) in [6.07, 6.45) is 1.26. The van der Waals surface area contributed by atoms with Crippen LogP contribution in [0.25, 0.3) is 0 Å². The smallest absolute Gasteiger partial charge is 0.343 e. The van der Waals surface area contributed by atoms with Crippen LogP contribution in [0.5, 0.6) is 11.5 Å². The zero-order valence-corrected chi connectivity index (χ0v) is 31.5. The van der Waals surface area contributed by atoms with Crippen LogP contribution in [-0.4, -0.2) is 18.9 Å². The Morgan fingerprint density at radius 2 is 1.12 bits per heavy atom. The van der Waals surface area contributed by atoms with Crippen molar-refractivity contribution in [3.05, 3.63) is 131 Å². The molecule has 260 valence electrons. The molecule has 0 aliphatic heterocycles. The van der Waals surface area contributed by atoms with Crippen LogP contribution in [0.4, 0.5) is 0 Å². The maximum Gasteiger partial charge on any atom is 0.343 e. The summed E-state index contributed by atoms with van der Waals surface area (Å²) in [7, 11) is 1.60. The first-order valence-corrected chi connectivity index (χ1v) is 17.5. The molecule has 4 aromatic rings. The summed E-state index contributed by atoms with van der Waals surface area (Å²) in [6.45, 7) is 23.8. The topological polar surface area (TPSA) is 52.6 Å². The van der Waals surface area contributed by atoms with Crippen molar-refractivity contribution in [3.8, 4) is 11.5 Å². The fourth-order valence-corrected chi connectivity index (χ4v) is 7.62. The summed E-state index contributed by atoms with van der Waals surface area (Å²) < 4.78 is 10.9. The Bertz CT molecular complexity index is 1680. The highest BCUT2D eigenvalue weighted by Gasteiger charge is 2.52. The van der Waals surface area contributed by atoms with Gasteiger partial charge >= 0.3 is 5.97 Å². The molecule has 0 aromatic heterocycles. The van der Waals surface area contributed by atoms with E-state index in [1.807, 2.05) is 24.3 Å². The van der Waals surface area contributed by atoms with Gasteiger partial charge in [0.05, 0.1) is 12.7 Å². The molecule has 0 bridgehead atoms. The van der Waals surface area contributed by atoms with Gasteiger partial charge in [0.2, 0.25) is 0 Å². The van der Waals surface area contributed by atoms with Gasteiger partial charge in [-0.3, -0.25) is 4.79 Å². The number of ether oxygens (including phenoxy) is 2. The molecule has 0 aliphatic carbocycles. The minimum absolute atomic E-state index is 0.0119. The average molecular weight is 661 g/mol. The number of carbonyl (C=O) groups excluding carboxylic acids is 2. The fourth-order valence-electron chi connectivity index (χ4n) is 7.62. The van der Waals surface area contributed by atoms with Gasteiger partial charge in [-0.15, -0.1) is 0 Å². The van der Waals surface area contributed by atoms with E-state index in [4.69, 9.17) is 9.47 Å².